The standard InChI is InChI=1S/C20H32N2O6/c1-4-5-12-19(21,17(23)24)20(22,13-11-16(26-2)27-3)18(25)28-14-15-9-7-6-8-10-15/h6-10,16H,4-5,11-14,21-22H2,1-3H3,(H,23,24). The van der Waals surface area contributed by atoms with Gasteiger partial charge < -0.3 is 30.8 Å². The van der Waals surface area contributed by atoms with Gasteiger partial charge in [-0.3, -0.25) is 4.79 Å². The van der Waals surface area contributed by atoms with Crippen LogP contribution in [0.5, 0.6) is 0 Å². The molecule has 0 radical (unpaired) electrons. The van der Waals surface area contributed by atoms with Crippen LogP contribution in [0.1, 0.15) is 44.6 Å². The summed E-state index contributed by atoms with van der Waals surface area (Å²) in [5.41, 5.74) is 9.46. The van der Waals surface area contributed by atoms with Gasteiger partial charge in [0.2, 0.25) is 0 Å². The van der Waals surface area contributed by atoms with E-state index in [-0.39, 0.29) is 25.9 Å². The number of benzene rings is 1. The first-order chi connectivity index (χ1) is 13.2. The summed E-state index contributed by atoms with van der Waals surface area (Å²) in [6.45, 7) is 1.88. The molecule has 5 N–H and O–H groups in total. The molecule has 0 aliphatic carbocycles. The van der Waals surface area contributed by atoms with Crippen LogP contribution in [0.4, 0.5) is 0 Å². The molecule has 8 heteroatoms. The maximum atomic E-state index is 13.0. The van der Waals surface area contributed by atoms with E-state index in [1.807, 2.05) is 25.1 Å². The third-order valence-corrected chi connectivity index (χ3v) is 4.98. The highest BCUT2D eigenvalue weighted by Crippen LogP contribution is 2.31. The molecule has 0 spiro atoms. The molecule has 8 nitrogen and oxygen atoms in total. The number of carbonyl (C=O) groups is 2. The molecular formula is C20H32N2O6. The van der Waals surface area contributed by atoms with Gasteiger partial charge in [-0.25, -0.2) is 4.79 Å². The van der Waals surface area contributed by atoms with E-state index >= 15 is 0 Å². The monoisotopic (exact) mass is 396 g/mol. The van der Waals surface area contributed by atoms with Gasteiger partial charge in [-0.15, -0.1) is 0 Å². The second kappa shape index (κ2) is 11.1. The van der Waals surface area contributed by atoms with Crippen molar-refractivity contribution < 1.29 is 28.9 Å². The molecule has 0 saturated heterocycles. The van der Waals surface area contributed by atoms with Gasteiger partial charge >= 0.3 is 11.9 Å². The van der Waals surface area contributed by atoms with Crippen molar-refractivity contribution in [1.82, 2.24) is 0 Å². The van der Waals surface area contributed by atoms with Crippen molar-refractivity contribution in [1.29, 1.82) is 0 Å². The number of methoxy groups -OCH3 is 2. The number of rotatable bonds is 13. The summed E-state index contributed by atoms with van der Waals surface area (Å²) < 4.78 is 15.7. The van der Waals surface area contributed by atoms with Crippen LogP contribution in [0.15, 0.2) is 30.3 Å². The maximum absolute atomic E-state index is 13.0. The molecule has 2 unspecified atom stereocenters. The Labute approximate surface area is 166 Å². The normalized spacial score (nSPS) is 15.6. The number of esters is 1. The average molecular weight is 396 g/mol. The zero-order valence-electron chi connectivity index (χ0n) is 16.8. The highest BCUT2D eigenvalue weighted by Gasteiger charge is 2.57. The van der Waals surface area contributed by atoms with Crippen molar-refractivity contribution in [2.45, 2.75) is 63.0 Å². The van der Waals surface area contributed by atoms with E-state index in [4.69, 9.17) is 25.7 Å². The van der Waals surface area contributed by atoms with E-state index in [0.29, 0.717) is 12.8 Å². The summed E-state index contributed by atoms with van der Waals surface area (Å²) in [7, 11) is 2.90. The number of carboxylic acids is 1. The summed E-state index contributed by atoms with van der Waals surface area (Å²) in [4.78, 5) is 25.0. The van der Waals surface area contributed by atoms with Crippen molar-refractivity contribution in [3.8, 4) is 0 Å². The van der Waals surface area contributed by atoms with Crippen LogP contribution in [0.2, 0.25) is 0 Å². The highest BCUT2D eigenvalue weighted by molar-refractivity contribution is 5.93. The Morgan fingerprint density at radius 2 is 1.68 bits per heavy atom. The van der Waals surface area contributed by atoms with Gasteiger partial charge in [-0.05, 0) is 18.4 Å². The van der Waals surface area contributed by atoms with Gasteiger partial charge in [0, 0.05) is 20.6 Å². The largest absolute Gasteiger partial charge is 0.480 e. The number of nitrogens with two attached hydrogens (primary N) is 2. The number of hydrogen-bond donors (Lipinski definition) is 3. The summed E-state index contributed by atoms with van der Waals surface area (Å²) >= 11 is 0. The quantitative estimate of drug-likeness (QED) is 0.339. The van der Waals surface area contributed by atoms with Crippen molar-refractivity contribution in [3.05, 3.63) is 35.9 Å². The molecule has 0 saturated carbocycles. The minimum atomic E-state index is -1.98. The molecule has 1 aromatic carbocycles. The van der Waals surface area contributed by atoms with Gasteiger partial charge in [-0.1, -0.05) is 50.1 Å². The highest BCUT2D eigenvalue weighted by atomic mass is 16.7. The summed E-state index contributed by atoms with van der Waals surface area (Å²) in [6.07, 6.45) is 0.725. The Kier molecular flexibility index (Phi) is 9.54. The number of unbranched alkanes of at least 4 members (excludes halogenated alkanes) is 1. The van der Waals surface area contributed by atoms with E-state index < -0.39 is 29.3 Å². The number of hydrogen-bond acceptors (Lipinski definition) is 7. The molecule has 0 aliphatic heterocycles. The Bertz CT molecular complexity index is 622. The molecule has 0 fully saturated rings. The zero-order valence-corrected chi connectivity index (χ0v) is 16.8. The van der Waals surface area contributed by atoms with Crippen molar-refractivity contribution in [2.75, 3.05) is 14.2 Å². The number of ether oxygens (including phenoxy) is 3. The predicted molar refractivity (Wildman–Crippen MR) is 104 cm³/mol. The van der Waals surface area contributed by atoms with Crippen LogP contribution in [-0.4, -0.2) is 48.6 Å². The zero-order chi connectivity index (χ0) is 21.2. The van der Waals surface area contributed by atoms with Gasteiger partial charge in [0.1, 0.15) is 17.7 Å². The van der Waals surface area contributed by atoms with E-state index in [1.54, 1.807) is 12.1 Å². The third kappa shape index (κ3) is 5.75. The predicted octanol–water partition coefficient (Wildman–Crippen LogP) is 1.80. The topological polar surface area (TPSA) is 134 Å². The molecule has 0 aliphatic rings. The number of aliphatic carboxylic acids is 1. The minimum absolute atomic E-state index is 0.0277. The van der Waals surface area contributed by atoms with Crippen LogP contribution in [-0.2, 0) is 30.4 Å². The summed E-state index contributed by atoms with van der Waals surface area (Å²) in [6, 6.07) is 9.05. The second-order valence-corrected chi connectivity index (χ2v) is 6.85. The second-order valence-electron chi connectivity index (χ2n) is 6.85. The van der Waals surface area contributed by atoms with Crippen LogP contribution in [0, 0.1) is 0 Å². The van der Waals surface area contributed by atoms with Gasteiger partial charge in [0.25, 0.3) is 0 Å². The Morgan fingerprint density at radius 3 is 2.18 bits per heavy atom. The molecule has 28 heavy (non-hydrogen) atoms. The van der Waals surface area contributed by atoms with E-state index in [2.05, 4.69) is 0 Å². The van der Waals surface area contributed by atoms with E-state index in [1.165, 1.54) is 14.2 Å². The molecule has 0 heterocycles. The Hall–Kier alpha value is -2.00. The summed E-state index contributed by atoms with van der Waals surface area (Å²) in [5.74, 6) is -2.20. The first kappa shape index (κ1) is 24.0. The summed E-state index contributed by atoms with van der Waals surface area (Å²) in [5, 5.41) is 9.83. The molecular weight excluding hydrogens is 364 g/mol. The van der Waals surface area contributed by atoms with Crippen LogP contribution in [0.25, 0.3) is 0 Å². The van der Waals surface area contributed by atoms with Crippen LogP contribution in [0.3, 0.4) is 0 Å². The lowest BCUT2D eigenvalue weighted by atomic mass is 9.71. The molecule has 0 amide bonds. The van der Waals surface area contributed by atoms with Crippen molar-refractivity contribution in [3.63, 3.8) is 0 Å². The Morgan fingerprint density at radius 1 is 1.07 bits per heavy atom. The molecule has 158 valence electrons. The molecule has 0 aromatic heterocycles. The average Bonchev–Trinajstić information content (AvgIpc) is 2.71. The lowest BCUT2D eigenvalue weighted by Gasteiger charge is -2.41. The van der Waals surface area contributed by atoms with E-state index in [0.717, 1.165) is 5.56 Å². The van der Waals surface area contributed by atoms with E-state index in [9.17, 15) is 14.7 Å². The molecule has 1 aromatic rings. The smallest absolute Gasteiger partial charge is 0.329 e. The minimum Gasteiger partial charge on any atom is -0.480 e. The van der Waals surface area contributed by atoms with Crippen LogP contribution < -0.4 is 11.5 Å². The lowest BCUT2D eigenvalue weighted by molar-refractivity contribution is -0.165. The molecule has 2 atom stereocenters. The molecule has 0 bridgehead atoms. The fraction of sp³-hybridized carbons (Fsp3) is 0.600. The Balaban J connectivity index is 3.12. The molecule has 1 rings (SSSR count). The fourth-order valence-corrected chi connectivity index (χ4v) is 3.01. The lowest BCUT2D eigenvalue weighted by Crippen LogP contribution is -2.74. The van der Waals surface area contributed by atoms with Gasteiger partial charge in [-0.2, -0.15) is 0 Å². The SMILES string of the molecule is CCCCC(N)(C(=O)O)C(N)(CCC(OC)OC)C(=O)OCc1ccccc1. The van der Waals surface area contributed by atoms with Crippen molar-refractivity contribution in [2.24, 2.45) is 11.5 Å². The third-order valence-electron chi connectivity index (χ3n) is 4.98. The van der Waals surface area contributed by atoms with Crippen molar-refractivity contribution >= 4 is 11.9 Å². The van der Waals surface area contributed by atoms with Gasteiger partial charge in [0.15, 0.2) is 6.29 Å². The first-order valence-corrected chi connectivity index (χ1v) is 9.33. The number of carboxylic acid groups (broad SMARTS) is 1. The first-order valence-electron chi connectivity index (χ1n) is 9.33. The maximum Gasteiger partial charge on any atom is 0.329 e. The number of carbonyl (C=O) groups excluding carboxylic acids is 1. The van der Waals surface area contributed by atoms with Gasteiger partial charge in [0.05, 0.1) is 0 Å². The fourth-order valence-electron chi connectivity index (χ4n) is 3.01. The van der Waals surface area contributed by atoms with Crippen LogP contribution >= 0.6 is 0 Å².